The number of nitrogens with zero attached hydrogens (tertiary/aromatic N) is 5. The summed E-state index contributed by atoms with van der Waals surface area (Å²) in [4.78, 5) is 3.76. The molecule has 0 saturated heterocycles. The predicted octanol–water partition coefficient (Wildman–Crippen LogP) is 1.60. The van der Waals surface area contributed by atoms with Crippen molar-refractivity contribution in [3.05, 3.63) is 42.0 Å². The van der Waals surface area contributed by atoms with Crippen molar-refractivity contribution < 1.29 is 21.2 Å². The Morgan fingerprint density at radius 1 is 1.07 bits per heavy atom. The fraction of sp³-hybridized carbons (Fsp3) is 0.529. The number of sulfonamides is 1. The van der Waals surface area contributed by atoms with Gasteiger partial charge in [-0.05, 0) is 30.5 Å². The van der Waals surface area contributed by atoms with Crippen LogP contribution >= 0.6 is 0 Å². The Hall–Kier alpha value is -1.89. The highest BCUT2D eigenvalue weighted by atomic mass is 32.2. The van der Waals surface area contributed by atoms with Gasteiger partial charge in [0.1, 0.15) is 12.1 Å². The van der Waals surface area contributed by atoms with Crippen LogP contribution in [0.3, 0.4) is 0 Å². The molecule has 0 unspecified atom stereocenters. The molecule has 0 amide bonds. The Morgan fingerprint density at radius 2 is 1.69 bits per heavy atom. The molecule has 0 N–H and O–H groups in total. The molecule has 160 valence electrons. The van der Waals surface area contributed by atoms with Gasteiger partial charge in [-0.15, -0.1) is 9.19 Å². The Bertz CT molecular complexity index is 1050. The first-order chi connectivity index (χ1) is 13.6. The smallest absolute Gasteiger partial charge is 0.207 e. The lowest BCUT2D eigenvalue weighted by Crippen LogP contribution is -2.41. The maximum atomic E-state index is 13.3. The normalized spacial score (nSPS) is 16.6. The van der Waals surface area contributed by atoms with E-state index in [1.54, 1.807) is 0 Å². The van der Waals surface area contributed by atoms with Gasteiger partial charge >= 0.3 is 10.2 Å². The van der Waals surface area contributed by atoms with Gasteiger partial charge in [-0.25, -0.2) is 17.8 Å². The second kappa shape index (κ2) is 8.46. The van der Waals surface area contributed by atoms with Gasteiger partial charge in [-0.2, -0.15) is 17.0 Å². The molecule has 1 saturated carbocycles. The summed E-state index contributed by atoms with van der Waals surface area (Å²) >= 11 is 0. The molecular weight excluding hydrogens is 421 g/mol. The SMILES string of the molecule is CN(C)S(=O)(=O)n1cnc(S(=O)(=O)N(Cc2ccc(F)cc2)C2CCCCC2)n1. The van der Waals surface area contributed by atoms with Gasteiger partial charge in [0.2, 0.25) is 0 Å². The second-order valence-corrected chi connectivity index (χ2v) is 10.9. The van der Waals surface area contributed by atoms with Gasteiger partial charge in [0.25, 0.3) is 15.2 Å². The van der Waals surface area contributed by atoms with Crippen molar-refractivity contribution in [2.24, 2.45) is 0 Å². The summed E-state index contributed by atoms with van der Waals surface area (Å²) in [5.41, 5.74) is 0.626. The molecule has 1 heterocycles. The van der Waals surface area contributed by atoms with Crippen molar-refractivity contribution in [3.8, 4) is 0 Å². The average molecular weight is 446 g/mol. The van der Waals surface area contributed by atoms with Crippen LogP contribution in [0.1, 0.15) is 37.7 Å². The van der Waals surface area contributed by atoms with Crippen molar-refractivity contribution in [1.29, 1.82) is 0 Å². The van der Waals surface area contributed by atoms with Crippen LogP contribution in [0, 0.1) is 5.82 Å². The topological polar surface area (TPSA) is 105 Å². The first-order valence-corrected chi connectivity index (χ1v) is 12.1. The van der Waals surface area contributed by atoms with Crippen molar-refractivity contribution in [2.45, 2.75) is 49.8 Å². The zero-order valence-electron chi connectivity index (χ0n) is 16.3. The van der Waals surface area contributed by atoms with E-state index in [-0.39, 0.29) is 12.6 Å². The largest absolute Gasteiger partial charge is 0.323 e. The van der Waals surface area contributed by atoms with E-state index in [9.17, 15) is 21.2 Å². The minimum Gasteiger partial charge on any atom is -0.207 e. The summed E-state index contributed by atoms with van der Waals surface area (Å²) in [7, 11) is -5.51. The fourth-order valence-electron chi connectivity index (χ4n) is 3.29. The van der Waals surface area contributed by atoms with E-state index in [1.165, 1.54) is 42.7 Å². The van der Waals surface area contributed by atoms with Crippen LogP contribution in [0.15, 0.2) is 35.7 Å². The van der Waals surface area contributed by atoms with Crippen LogP contribution in [0.5, 0.6) is 0 Å². The minimum atomic E-state index is -4.16. The van der Waals surface area contributed by atoms with Gasteiger partial charge < -0.3 is 0 Å². The Balaban J connectivity index is 1.97. The van der Waals surface area contributed by atoms with Gasteiger partial charge in [-0.3, -0.25) is 0 Å². The van der Waals surface area contributed by atoms with E-state index in [4.69, 9.17) is 0 Å². The molecule has 12 heteroatoms. The third kappa shape index (κ3) is 4.65. The minimum absolute atomic E-state index is 0.0300. The maximum absolute atomic E-state index is 13.3. The van der Waals surface area contributed by atoms with Crippen molar-refractivity contribution in [3.63, 3.8) is 0 Å². The first kappa shape index (κ1) is 21.8. The van der Waals surface area contributed by atoms with Gasteiger partial charge in [0, 0.05) is 26.7 Å². The van der Waals surface area contributed by atoms with Crippen LogP contribution in [-0.2, 0) is 26.8 Å². The molecule has 0 bridgehead atoms. The highest BCUT2D eigenvalue weighted by Crippen LogP contribution is 2.28. The third-order valence-corrected chi connectivity index (χ3v) is 8.19. The summed E-state index contributed by atoms with van der Waals surface area (Å²) in [5, 5.41) is 3.16. The molecule has 3 rings (SSSR count). The summed E-state index contributed by atoms with van der Waals surface area (Å²) < 4.78 is 67.1. The lowest BCUT2D eigenvalue weighted by Gasteiger charge is -2.32. The number of hydrogen-bond donors (Lipinski definition) is 0. The summed E-state index contributed by atoms with van der Waals surface area (Å²) in [5.74, 6) is -0.407. The summed E-state index contributed by atoms with van der Waals surface area (Å²) in [6.07, 6.45) is 5.09. The average Bonchev–Trinajstić information content (AvgIpc) is 3.20. The molecule has 1 fully saturated rings. The lowest BCUT2D eigenvalue weighted by atomic mass is 9.95. The number of halogens is 1. The highest BCUT2D eigenvalue weighted by molar-refractivity contribution is 7.89. The molecule has 29 heavy (non-hydrogen) atoms. The van der Waals surface area contributed by atoms with Gasteiger partial charge in [-0.1, -0.05) is 31.4 Å². The van der Waals surface area contributed by atoms with Crippen LogP contribution in [0.25, 0.3) is 0 Å². The molecule has 0 radical (unpaired) electrons. The molecule has 0 spiro atoms. The number of rotatable bonds is 7. The van der Waals surface area contributed by atoms with Gasteiger partial charge in [0.15, 0.2) is 0 Å². The lowest BCUT2D eigenvalue weighted by molar-refractivity contribution is 0.246. The third-order valence-electron chi connectivity index (χ3n) is 4.92. The molecule has 1 aromatic heterocycles. The van der Waals surface area contributed by atoms with Gasteiger partial charge in [0.05, 0.1) is 0 Å². The van der Waals surface area contributed by atoms with E-state index >= 15 is 0 Å². The fourth-order valence-corrected chi connectivity index (χ4v) is 5.52. The second-order valence-electron chi connectivity index (χ2n) is 7.16. The maximum Gasteiger partial charge on any atom is 0.323 e. The van der Waals surface area contributed by atoms with Crippen molar-refractivity contribution >= 4 is 20.2 Å². The monoisotopic (exact) mass is 445 g/mol. The number of aromatic nitrogens is 3. The van der Waals surface area contributed by atoms with E-state index in [0.29, 0.717) is 22.5 Å². The number of hydrogen-bond acceptors (Lipinski definition) is 6. The summed E-state index contributed by atoms with van der Waals surface area (Å²) in [6, 6.07) is 5.36. The van der Waals surface area contributed by atoms with Crippen molar-refractivity contribution in [1.82, 2.24) is 22.8 Å². The zero-order valence-corrected chi connectivity index (χ0v) is 17.9. The molecule has 0 aliphatic heterocycles. The van der Waals surface area contributed by atoms with E-state index in [1.807, 2.05) is 0 Å². The highest BCUT2D eigenvalue weighted by Gasteiger charge is 2.36. The standard InChI is InChI=1S/C17H24FN5O4S2/c1-21(2)29(26,27)23-13-19-17(20-23)28(24,25)22(16-6-4-3-5-7-16)12-14-8-10-15(18)11-9-14/h8-11,13,16H,3-7,12H2,1-2H3. The van der Waals surface area contributed by atoms with E-state index < -0.39 is 31.2 Å². The zero-order chi connectivity index (χ0) is 21.2. The Kier molecular flexibility index (Phi) is 6.36. The molecule has 0 atom stereocenters. The quantitative estimate of drug-likeness (QED) is 0.641. The summed E-state index contributed by atoms with van der Waals surface area (Å²) in [6.45, 7) is 0.0300. The molecule has 2 aromatic rings. The van der Waals surface area contributed by atoms with Crippen LogP contribution in [0.4, 0.5) is 4.39 Å². The molecular formula is C17H24FN5O4S2. The predicted molar refractivity (Wildman–Crippen MR) is 104 cm³/mol. The van der Waals surface area contributed by atoms with Crippen LogP contribution in [0.2, 0.25) is 0 Å². The van der Waals surface area contributed by atoms with Crippen molar-refractivity contribution in [2.75, 3.05) is 14.1 Å². The molecule has 1 aliphatic rings. The molecule has 1 aromatic carbocycles. The Morgan fingerprint density at radius 3 is 2.28 bits per heavy atom. The first-order valence-electron chi connectivity index (χ1n) is 9.23. The van der Waals surface area contributed by atoms with Crippen LogP contribution < -0.4 is 0 Å². The van der Waals surface area contributed by atoms with Crippen LogP contribution in [-0.4, -0.2) is 59.8 Å². The molecule has 9 nitrogen and oxygen atoms in total. The van der Waals surface area contributed by atoms with E-state index in [2.05, 4.69) is 10.1 Å². The molecule has 1 aliphatic carbocycles. The van der Waals surface area contributed by atoms with E-state index in [0.717, 1.165) is 29.9 Å². The Labute approximate surface area is 170 Å². The number of benzene rings is 1.